The number of hydrogen-bond donors (Lipinski definition) is 0. The first-order chi connectivity index (χ1) is 11.1. The van der Waals surface area contributed by atoms with Crippen LogP contribution in [0.2, 0.25) is 0 Å². The van der Waals surface area contributed by atoms with Gasteiger partial charge in [-0.05, 0) is 44.4 Å². The highest BCUT2D eigenvalue weighted by atomic mass is 16.6. The number of piperidine rings is 1. The van der Waals surface area contributed by atoms with Crippen LogP contribution in [-0.4, -0.2) is 35.1 Å². The first kappa shape index (κ1) is 14.7. The molecule has 120 valence electrons. The van der Waals surface area contributed by atoms with E-state index in [4.69, 9.17) is 4.74 Å². The van der Waals surface area contributed by atoms with Crippen molar-refractivity contribution in [2.45, 2.75) is 50.8 Å². The minimum atomic E-state index is -0.538. The van der Waals surface area contributed by atoms with Crippen LogP contribution >= 0.6 is 0 Å². The summed E-state index contributed by atoms with van der Waals surface area (Å²) in [6, 6.07) is 11.0. The molecule has 3 heterocycles. The number of rotatable bonds is 1. The van der Waals surface area contributed by atoms with E-state index >= 15 is 0 Å². The lowest BCUT2D eigenvalue weighted by Crippen LogP contribution is -2.55. The Balaban J connectivity index is 1.89. The third kappa shape index (κ3) is 2.26. The van der Waals surface area contributed by atoms with E-state index in [0.29, 0.717) is 6.04 Å². The standard InChI is InChI=1S/C20H23NO2/c1-14-12-16(15-8-4-3-5-9-15)17-13-19(22)23-20(17,2)18-10-6-7-11-21(14)18/h3-5,8-9,12-14,18H,6-7,10-11H2,1-2H3/t14-,18+,20-/m0/s1. The van der Waals surface area contributed by atoms with Crippen LogP contribution in [0.25, 0.3) is 5.57 Å². The lowest BCUT2D eigenvalue weighted by atomic mass is 9.79. The van der Waals surface area contributed by atoms with Crippen molar-refractivity contribution < 1.29 is 9.53 Å². The van der Waals surface area contributed by atoms with Crippen molar-refractivity contribution in [1.82, 2.24) is 4.90 Å². The molecule has 1 saturated heterocycles. The predicted octanol–water partition coefficient (Wildman–Crippen LogP) is 3.57. The van der Waals surface area contributed by atoms with Gasteiger partial charge in [0.25, 0.3) is 0 Å². The SMILES string of the molecule is C[C@H]1C=C(c2ccccc2)C2=CC(=O)O[C@]2(C)[C@H]2CCCCN12. The maximum Gasteiger partial charge on any atom is 0.332 e. The van der Waals surface area contributed by atoms with Gasteiger partial charge >= 0.3 is 5.97 Å². The fraction of sp³-hybridized carbons (Fsp3) is 0.450. The van der Waals surface area contributed by atoms with Gasteiger partial charge in [-0.1, -0.05) is 42.8 Å². The van der Waals surface area contributed by atoms with E-state index in [1.807, 2.05) is 6.07 Å². The lowest BCUT2D eigenvalue weighted by Gasteiger charge is -2.45. The minimum Gasteiger partial charge on any atom is -0.450 e. The average Bonchev–Trinajstić information content (AvgIpc) is 2.84. The molecular weight excluding hydrogens is 286 g/mol. The Hall–Kier alpha value is -1.87. The molecule has 0 amide bonds. The van der Waals surface area contributed by atoms with Crippen molar-refractivity contribution in [1.29, 1.82) is 0 Å². The Kier molecular flexibility index (Phi) is 3.42. The molecule has 3 aliphatic heterocycles. The van der Waals surface area contributed by atoms with Crippen LogP contribution in [0.5, 0.6) is 0 Å². The molecule has 0 bridgehead atoms. The van der Waals surface area contributed by atoms with E-state index in [1.165, 1.54) is 12.8 Å². The highest BCUT2D eigenvalue weighted by Crippen LogP contribution is 2.46. The van der Waals surface area contributed by atoms with Crippen LogP contribution in [0, 0.1) is 0 Å². The average molecular weight is 309 g/mol. The summed E-state index contributed by atoms with van der Waals surface area (Å²) in [7, 11) is 0. The molecule has 3 atom stereocenters. The minimum absolute atomic E-state index is 0.204. The van der Waals surface area contributed by atoms with Gasteiger partial charge < -0.3 is 4.74 Å². The Morgan fingerprint density at radius 2 is 2.00 bits per heavy atom. The third-order valence-electron chi connectivity index (χ3n) is 5.60. The Morgan fingerprint density at radius 1 is 1.22 bits per heavy atom. The monoisotopic (exact) mass is 309 g/mol. The Morgan fingerprint density at radius 3 is 2.78 bits per heavy atom. The van der Waals surface area contributed by atoms with Crippen LogP contribution in [0.3, 0.4) is 0 Å². The second-order valence-electron chi connectivity index (χ2n) is 7.02. The molecule has 0 aliphatic carbocycles. The first-order valence-electron chi connectivity index (χ1n) is 8.58. The molecule has 3 nitrogen and oxygen atoms in total. The number of carbonyl (C=O) groups is 1. The topological polar surface area (TPSA) is 29.5 Å². The van der Waals surface area contributed by atoms with E-state index in [0.717, 1.165) is 29.7 Å². The summed E-state index contributed by atoms with van der Waals surface area (Å²) in [5.41, 5.74) is 2.83. The molecule has 1 aromatic carbocycles. The van der Waals surface area contributed by atoms with E-state index < -0.39 is 5.60 Å². The summed E-state index contributed by atoms with van der Waals surface area (Å²) < 4.78 is 5.89. The van der Waals surface area contributed by atoms with Gasteiger partial charge in [-0.15, -0.1) is 0 Å². The van der Waals surface area contributed by atoms with Crippen molar-refractivity contribution in [3.05, 3.63) is 53.6 Å². The number of benzene rings is 1. The highest BCUT2D eigenvalue weighted by Gasteiger charge is 2.51. The Labute approximate surface area is 137 Å². The predicted molar refractivity (Wildman–Crippen MR) is 90.8 cm³/mol. The van der Waals surface area contributed by atoms with Crippen LogP contribution in [-0.2, 0) is 9.53 Å². The highest BCUT2D eigenvalue weighted by molar-refractivity contribution is 5.96. The molecule has 23 heavy (non-hydrogen) atoms. The summed E-state index contributed by atoms with van der Waals surface area (Å²) in [4.78, 5) is 14.6. The van der Waals surface area contributed by atoms with Gasteiger partial charge in [0.15, 0.2) is 5.60 Å². The van der Waals surface area contributed by atoms with Crippen LogP contribution in [0.15, 0.2) is 48.1 Å². The largest absolute Gasteiger partial charge is 0.450 e. The van der Waals surface area contributed by atoms with E-state index in [1.54, 1.807) is 6.08 Å². The number of carbonyl (C=O) groups excluding carboxylic acids is 1. The Bertz CT molecular complexity index is 691. The van der Waals surface area contributed by atoms with Crippen molar-refractivity contribution in [2.75, 3.05) is 6.54 Å². The van der Waals surface area contributed by atoms with Crippen LogP contribution < -0.4 is 0 Å². The van der Waals surface area contributed by atoms with Gasteiger partial charge in [0.05, 0.1) is 6.04 Å². The zero-order chi connectivity index (χ0) is 16.0. The lowest BCUT2D eigenvalue weighted by molar-refractivity contribution is -0.151. The molecule has 3 aliphatic rings. The summed E-state index contributed by atoms with van der Waals surface area (Å²) in [5.74, 6) is -0.204. The zero-order valence-corrected chi connectivity index (χ0v) is 13.8. The molecule has 1 fully saturated rings. The van der Waals surface area contributed by atoms with Gasteiger partial charge in [-0.25, -0.2) is 4.79 Å². The molecule has 0 radical (unpaired) electrons. The number of nitrogens with zero attached hydrogens (tertiary/aromatic N) is 1. The molecule has 1 aromatic rings. The molecule has 0 spiro atoms. The molecular formula is C20H23NO2. The van der Waals surface area contributed by atoms with Gasteiger partial charge in [0, 0.05) is 17.7 Å². The second kappa shape index (κ2) is 5.34. The second-order valence-corrected chi connectivity index (χ2v) is 7.02. The van der Waals surface area contributed by atoms with Gasteiger partial charge in [0.2, 0.25) is 0 Å². The normalized spacial score (nSPS) is 33.9. The molecule has 0 N–H and O–H groups in total. The number of fused-ring (bicyclic) bond motifs is 3. The molecule has 4 rings (SSSR count). The van der Waals surface area contributed by atoms with Gasteiger partial charge in [0.1, 0.15) is 0 Å². The molecule has 0 aromatic heterocycles. The molecule has 0 saturated carbocycles. The summed E-state index contributed by atoms with van der Waals surface area (Å²) in [6.45, 7) is 5.43. The van der Waals surface area contributed by atoms with Crippen molar-refractivity contribution in [3.8, 4) is 0 Å². The quantitative estimate of drug-likeness (QED) is 0.743. The third-order valence-corrected chi connectivity index (χ3v) is 5.60. The fourth-order valence-electron chi connectivity index (χ4n) is 4.48. The summed E-state index contributed by atoms with van der Waals surface area (Å²) in [5, 5.41) is 0. The van der Waals surface area contributed by atoms with E-state index in [9.17, 15) is 4.79 Å². The zero-order valence-electron chi connectivity index (χ0n) is 13.8. The van der Waals surface area contributed by atoms with Crippen molar-refractivity contribution in [2.24, 2.45) is 0 Å². The first-order valence-corrected chi connectivity index (χ1v) is 8.58. The number of esters is 1. The number of ether oxygens (including phenoxy) is 1. The summed E-state index contributed by atoms with van der Waals surface area (Å²) in [6.07, 6.45) is 7.53. The molecule has 3 heteroatoms. The smallest absolute Gasteiger partial charge is 0.332 e. The van der Waals surface area contributed by atoms with Gasteiger partial charge in [-0.2, -0.15) is 0 Å². The molecule has 0 unspecified atom stereocenters. The van der Waals surface area contributed by atoms with E-state index in [2.05, 4.69) is 49.1 Å². The van der Waals surface area contributed by atoms with Crippen LogP contribution in [0.4, 0.5) is 0 Å². The van der Waals surface area contributed by atoms with Crippen molar-refractivity contribution in [3.63, 3.8) is 0 Å². The van der Waals surface area contributed by atoms with E-state index in [-0.39, 0.29) is 12.0 Å². The maximum atomic E-state index is 12.1. The summed E-state index contributed by atoms with van der Waals surface area (Å²) >= 11 is 0. The number of hydrogen-bond acceptors (Lipinski definition) is 3. The maximum absolute atomic E-state index is 12.1. The van der Waals surface area contributed by atoms with Crippen molar-refractivity contribution >= 4 is 11.5 Å². The fourth-order valence-corrected chi connectivity index (χ4v) is 4.48. The van der Waals surface area contributed by atoms with Gasteiger partial charge in [-0.3, -0.25) is 4.90 Å². The van der Waals surface area contributed by atoms with Crippen LogP contribution in [0.1, 0.15) is 38.7 Å².